The summed E-state index contributed by atoms with van der Waals surface area (Å²) in [7, 11) is 1.72. The Labute approximate surface area is 192 Å². The predicted octanol–water partition coefficient (Wildman–Crippen LogP) is 2.21. The average molecular weight is 445 g/mol. The summed E-state index contributed by atoms with van der Waals surface area (Å²) >= 11 is 0. The molecule has 1 saturated heterocycles. The highest BCUT2D eigenvalue weighted by Gasteiger charge is 2.38. The lowest BCUT2D eigenvalue weighted by Crippen LogP contribution is -2.58. The first-order chi connectivity index (χ1) is 15.4. The van der Waals surface area contributed by atoms with Gasteiger partial charge in [-0.25, -0.2) is 0 Å². The van der Waals surface area contributed by atoms with Gasteiger partial charge in [-0.2, -0.15) is 0 Å². The fraction of sp³-hybridized carbons (Fsp3) is 0.680. The highest BCUT2D eigenvalue weighted by molar-refractivity contribution is 5.87. The average Bonchev–Trinajstić information content (AvgIpc) is 2.79. The number of methoxy groups -OCH3 is 1. The fourth-order valence-corrected chi connectivity index (χ4v) is 4.99. The monoisotopic (exact) mass is 444 g/mol. The minimum absolute atomic E-state index is 0.0209. The topological polar surface area (TPSA) is 87.9 Å². The zero-order valence-electron chi connectivity index (χ0n) is 19.9. The van der Waals surface area contributed by atoms with Crippen molar-refractivity contribution in [1.82, 2.24) is 15.1 Å². The Morgan fingerprint density at radius 2 is 1.84 bits per heavy atom. The number of amides is 2. The van der Waals surface area contributed by atoms with Crippen molar-refractivity contribution in [2.45, 2.75) is 83.1 Å². The summed E-state index contributed by atoms with van der Waals surface area (Å²) < 4.78 is 5.37. The molecule has 1 heterocycles. The molecule has 0 radical (unpaired) electrons. The van der Waals surface area contributed by atoms with Crippen LogP contribution in [-0.4, -0.2) is 72.6 Å². The van der Waals surface area contributed by atoms with Gasteiger partial charge in [0.05, 0.1) is 6.61 Å². The Bertz CT molecular complexity index is 746. The van der Waals surface area contributed by atoms with E-state index in [1.165, 1.54) is 11.1 Å². The molecule has 178 valence electrons. The van der Waals surface area contributed by atoms with Crippen molar-refractivity contribution in [3.05, 3.63) is 35.4 Å². The van der Waals surface area contributed by atoms with Crippen LogP contribution in [-0.2, 0) is 20.9 Å². The normalized spacial score (nSPS) is 26.2. The summed E-state index contributed by atoms with van der Waals surface area (Å²) in [5.41, 5.74) is 8.51. The van der Waals surface area contributed by atoms with Crippen LogP contribution in [0.25, 0.3) is 0 Å². The Kier molecular flexibility index (Phi) is 9.08. The highest BCUT2D eigenvalue weighted by Crippen LogP contribution is 2.25. The third kappa shape index (κ3) is 6.77. The van der Waals surface area contributed by atoms with Crippen molar-refractivity contribution >= 4 is 11.8 Å². The van der Waals surface area contributed by atoms with Gasteiger partial charge in [-0.15, -0.1) is 0 Å². The van der Waals surface area contributed by atoms with Crippen LogP contribution < -0.4 is 11.1 Å². The second-order valence-electron chi connectivity index (χ2n) is 9.48. The van der Waals surface area contributed by atoms with Crippen LogP contribution in [0.4, 0.5) is 0 Å². The number of nitrogens with zero attached hydrogens (tertiary/aromatic N) is 2. The predicted molar refractivity (Wildman–Crippen MR) is 126 cm³/mol. The van der Waals surface area contributed by atoms with Gasteiger partial charge in [-0.3, -0.25) is 14.5 Å². The molecule has 1 aromatic rings. The van der Waals surface area contributed by atoms with Gasteiger partial charge >= 0.3 is 0 Å². The summed E-state index contributed by atoms with van der Waals surface area (Å²) in [5, 5.41) is 3.22. The van der Waals surface area contributed by atoms with E-state index >= 15 is 0 Å². The molecular weight excluding hydrogens is 404 g/mol. The summed E-state index contributed by atoms with van der Waals surface area (Å²) in [6, 6.07) is 8.79. The van der Waals surface area contributed by atoms with Crippen LogP contribution in [0.5, 0.6) is 0 Å². The molecular formula is C25H40N4O3. The number of nitrogens with two attached hydrogens (primary N) is 1. The van der Waals surface area contributed by atoms with Crippen LogP contribution in [0.3, 0.4) is 0 Å². The summed E-state index contributed by atoms with van der Waals surface area (Å²) in [6.45, 7) is 6.50. The first-order valence-corrected chi connectivity index (χ1v) is 12.0. The second-order valence-corrected chi connectivity index (χ2v) is 9.48. The fourth-order valence-electron chi connectivity index (χ4n) is 4.99. The van der Waals surface area contributed by atoms with Gasteiger partial charge in [0.2, 0.25) is 11.8 Å². The Balaban J connectivity index is 1.70. The van der Waals surface area contributed by atoms with Gasteiger partial charge in [0, 0.05) is 51.8 Å². The van der Waals surface area contributed by atoms with E-state index in [9.17, 15) is 9.59 Å². The molecule has 1 saturated carbocycles. The molecule has 0 bridgehead atoms. The van der Waals surface area contributed by atoms with Crippen LogP contribution in [0.15, 0.2) is 24.3 Å². The molecule has 1 aromatic carbocycles. The molecule has 3 N–H and O–H groups in total. The highest BCUT2D eigenvalue weighted by atomic mass is 16.5. The SMILES string of the molecule is COCCN(Cc1ccc(C)cc1)C1CCN(C(C)=O)[C@@H](C(=O)NC2CCC(N)CC2)C1. The number of likely N-dealkylation sites (tertiary alicyclic amines) is 1. The molecule has 3 rings (SSSR count). The lowest BCUT2D eigenvalue weighted by atomic mass is 9.90. The number of carbonyl (C=O) groups is 2. The van der Waals surface area contributed by atoms with E-state index in [-0.39, 0.29) is 29.9 Å². The zero-order valence-corrected chi connectivity index (χ0v) is 19.9. The molecule has 1 aliphatic heterocycles. The maximum Gasteiger partial charge on any atom is 0.243 e. The molecule has 7 nitrogen and oxygen atoms in total. The number of piperidine rings is 1. The van der Waals surface area contributed by atoms with Gasteiger partial charge in [0.1, 0.15) is 6.04 Å². The first kappa shape index (κ1) is 24.7. The van der Waals surface area contributed by atoms with Crippen molar-refractivity contribution in [1.29, 1.82) is 0 Å². The summed E-state index contributed by atoms with van der Waals surface area (Å²) in [4.78, 5) is 29.7. The number of benzene rings is 1. The van der Waals surface area contributed by atoms with Crippen molar-refractivity contribution in [2.75, 3.05) is 26.8 Å². The molecule has 2 amide bonds. The Hall–Kier alpha value is -1.96. The minimum Gasteiger partial charge on any atom is -0.383 e. The summed E-state index contributed by atoms with van der Waals surface area (Å²) in [6.07, 6.45) is 5.21. The van der Waals surface area contributed by atoms with E-state index in [2.05, 4.69) is 41.4 Å². The summed E-state index contributed by atoms with van der Waals surface area (Å²) in [5.74, 6) is -0.0522. The number of ether oxygens (including phenoxy) is 1. The second kappa shape index (κ2) is 11.8. The number of carbonyl (C=O) groups excluding carboxylic acids is 2. The molecule has 32 heavy (non-hydrogen) atoms. The minimum atomic E-state index is -0.426. The molecule has 1 aliphatic carbocycles. The third-order valence-corrected chi connectivity index (χ3v) is 7.01. The van der Waals surface area contributed by atoms with Crippen LogP contribution in [0.1, 0.15) is 56.6 Å². The number of aryl methyl sites for hydroxylation is 1. The van der Waals surface area contributed by atoms with E-state index in [0.717, 1.165) is 45.2 Å². The molecule has 0 spiro atoms. The van der Waals surface area contributed by atoms with E-state index < -0.39 is 6.04 Å². The molecule has 2 fully saturated rings. The maximum absolute atomic E-state index is 13.3. The van der Waals surface area contributed by atoms with E-state index in [1.54, 1.807) is 18.9 Å². The van der Waals surface area contributed by atoms with Gasteiger partial charge in [0.15, 0.2) is 0 Å². The van der Waals surface area contributed by atoms with Gasteiger partial charge in [-0.1, -0.05) is 29.8 Å². The maximum atomic E-state index is 13.3. The molecule has 0 aromatic heterocycles. The van der Waals surface area contributed by atoms with E-state index in [1.807, 2.05) is 0 Å². The van der Waals surface area contributed by atoms with Crippen molar-refractivity contribution in [3.63, 3.8) is 0 Å². The largest absolute Gasteiger partial charge is 0.383 e. The quantitative estimate of drug-likeness (QED) is 0.642. The molecule has 1 unspecified atom stereocenters. The lowest BCUT2D eigenvalue weighted by molar-refractivity contribution is -0.142. The Morgan fingerprint density at radius 3 is 2.47 bits per heavy atom. The number of hydrogen-bond acceptors (Lipinski definition) is 5. The number of rotatable bonds is 8. The van der Waals surface area contributed by atoms with Crippen LogP contribution >= 0.6 is 0 Å². The third-order valence-electron chi connectivity index (χ3n) is 7.01. The molecule has 2 atom stereocenters. The van der Waals surface area contributed by atoms with Gasteiger partial charge < -0.3 is 20.7 Å². The molecule has 7 heteroatoms. The van der Waals surface area contributed by atoms with E-state index in [0.29, 0.717) is 19.6 Å². The van der Waals surface area contributed by atoms with Crippen molar-refractivity contribution < 1.29 is 14.3 Å². The standard InChI is InChI=1S/C25H40N4O3/c1-18-4-6-20(7-5-18)17-28(14-15-32-3)23-12-13-29(19(2)30)24(16-23)25(31)27-22-10-8-21(26)9-11-22/h4-7,21-24H,8-17,26H2,1-3H3,(H,27,31)/t21?,22?,23?,24-/m1/s1. The van der Waals surface area contributed by atoms with Crippen LogP contribution in [0, 0.1) is 6.92 Å². The molecule has 2 aliphatic rings. The number of hydrogen-bond donors (Lipinski definition) is 2. The Morgan fingerprint density at radius 1 is 1.16 bits per heavy atom. The smallest absolute Gasteiger partial charge is 0.243 e. The van der Waals surface area contributed by atoms with Crippen LogP contribution in [0.2, 0.25) is 0 Å². The van der Waals surface area contributed by atoms with Crippen molar-refractivity contribution in [2.24, 2.45) is 5.73 Å². The van der Waals surface area contributed by atoms with Gasteiger partial charge in [-0.05, 0) is 51.0 Å². The number of nitrogens with one attached hydrogen (secondary N) is 1. The van der Waals surface area contributed by atoms with E-state index in [4.69, 9.17) is 10.5 Å². The zero-order chi connectivity index (χ0) is 23.1. The van der Waals surface area contributed by atoms with Crippen molar-refractivity contribution in [3.8, 4) is 0 Å². The first-order valence-electron chi connectivity index (χ1n) is 12.0. The van der Waals surface area contributed by atoms with Gasteiger partial charge in [0.25, 0.3) is 0 Å². The lowest BCUT2D eigenvalue weighted by Gasteiger charge is -2.43.